The Morgan fingerprint density at radius 2 is 1.70 bits per heavy atom. The lowest BCUT2D eigenvalue weighted by Crippen LogP contribution is -2.56. The van der Waals surface area contributed by atoms with Crippen molar-refractivity contribution >= 4 is 0 Å². The second-order valence-electron chi connectivity index (χ2n) is 8.11. The molecule has 2 fully saturated rings. The van der Waals surface area contributed by atoms with Crippen molar-refractivity contribution in [1.82, 2.24) is 10.2 Å². The molecule has 0 aromatic heterocycles. The summed E-state index contributed by atoms with van der Waals surface area (Å²) in [5.41, 5.74) is 0.464. The van der Waals surface area contributed by atoms with E-state index in [0.29, 0.717) is 11.5 Å². The lowest BCUT2D eigenvalue weighted by Gasteiger charge is -2.48. The number of nitrogens with zero attached hydrogens (tertiary/aromatic N) is 1. The Bertz CT molecular complexity index is 288. The molecule has 3 atom stereocenters. The van der Waals surface area contributed by atoms with Gasteiger partial charge in [0.2, 0.25) is 0 Å². The first-order valence-electron chi connectivity index (χ1n) is 8.90. The summed E-state index contributed by atoms with van der Waals surface area (Å²) in [5.74, 6) is 0.882. The van der Waals surface area contributed by atoms with E-state index in [2.05, 4.69) is 45.0 Å². The fraction of sp³-hybridized carbons (Fsp3) is 1.00. The van der Waals surface area contributed by atoms with E-state index >= 15 is 0 Å². The molecule has 20 heavy (non-hydrogen) atoms. The Balaban J connectivity index is 2.10. The van der Waals surface area contributed by atoms with Crippen molar-refractivity contribution < 1.29 is 0 Å². The Labute approximate surface area is 126 Å². The van der Waals surface area contributed by atoms with Crippen molar-refractivity contribution in [1.29, 1.82) is 0 Å². The van der Waals surface area contributed by atoms with Crippen LogP contribution in [-0.2, 0) is 0 Å². The van der Waals surface area contributed by atoms with Crippen LogP contribution in [0.25, 0.3) is 0 Å². The quantitative estimate of drug-likeness (QED) is 0.835. The number of hydrogen-bond acceptors (Lipinski definition) is 2. The van der Waals surface area contributed by atoms with Crippen LogP contribution in [0.4, 0.5) is 0 Å². The standard InChI is InChI=1S/C18H36N2/c1-6-20(15-9-7-8-10-15)17-13-14(18(2,3)4)11-12-16(17)19-5/h14-17,19H,6-13H2,1-5H3. The summed E-state index contributed by atoms with van der Waals surface area (Å²) >= 11 is 0. The van der Waals surface area contributed by atoms with Crippen molar-refractivity contribution in [2.75, 3.05) is 13.6 Å². The zero-order chi connectivity index (χ0) is 14.8. The highest BCUT2D eigenvalue weighted by molar-refractivity contribution is 4.96. The van der Waals surface area contributed by atoms with Crippen LogP contribution in [0.15, 0.2) is 0 Å². The predicted molar refractivity (Wildman–Crippen MR) is 88.1 cm³/mol. The highest BCUT2D eigenvalue weighted by atomic mass is 15.2. The first-order valence-corrected chi connectivity index (χ1v) is 8.90. The molecule has 0 bridgehead atoms. The molecule has 0 aromatic rings. The summed E-state index contributed by atoms with van der Waals surface area (Å²) in [4.78, 5) is 2.85. The van der Waals surface area contributed by atoms with Gasteiger partial charge in [-0.15, -0.1) is 0 Å². The highest BCUT2D eigenvalue weighted by Crippen LogP contribution is 2.40. The normalized spacial score (nSPS) is 33.0. The van der Waals surface area contributed by atoms with Crippen LogP contribution < -0.4 is 5.32 Å². The van der Waals surface area contributed by atoms with Gasteiger partial charge in [0.05, 0.1) is 0 Å². The molecule has 1 N–H and O–H groups in total. The van der Waals surface area contributed by atoms with Crippen molar-refractivity contribution in [2.24, 2.45) is 11.3 Å². The molecule has 2 rings (SSSR count). The van der Waals surface area contributed by atoms with Gasteiger partial charge < -0.3 is 5.32 Å². The van der Waals surface area contributed by atoms with Crippen LogP contribution >= 0.6 is 0 Å². The minimum Gasteiger partial charge on any atom is -0.315 e. The summed E-state index contributed by atoms with van der Waals surface area (Å²) in [6.07, 6.45) is 9.89. The van der Waals surface area contributed by atoms with Crippen LogP contribution in [0.1, 0.15) is 72.6 Å². The van der Waals surface area contributed by atoms with Gasteiger partial charge >= 0.3 is 0 Å². The van der Waals surface area contributed by atoms with Crippen molar-refractivity contribution in [3.63, 3.8) is 0 Å². The van der Waals surface area contributed by atoms with Gasteiger partial charge in [-0.2, -0.15) is 0 Å². The number of rotatable bonds is 4. The van der Waals surface area contributed by atoms with Crippen LogP contribution in [0.5, 0.6) is 0 Å². The summed E-state index contributed by atoms with van der Waals surface area (Å²) in [5, 5.41) is 3.62. The molecule has 0 aliphatic heterocycles. The maximum Gasteiger partial charge on any atom is 0.0254 e. The van der Waals surface area contributed by atoms with Gasteiger partial charge in [-0.05, 0) is 57.0 Å². The molecule has 0 aromatic carbocycles. The second-order valence-corrected chi connectivity index (χ2v) is 8.11. The van der Waals surface area contributed by atoms with Crippen LogP contribution in [0.2, 0.25) is 0 Å². The van der Waals surface area contributed by atoms with Gasteiger partial charge in [0, 0.05) is 18.1 Å². The first kappa shape index (κ1) is 16.3. The summed E-state index contributed by atoms with van der Waals surface area (Å²) < 4.78 is 0. The number of hydrogen-bond donors (Lipinski definition) is 1. The minimum atomic E-state index is 0.464. The van der Waals surface area contributed by atoms with Crippen LogP contribution in [0, 0.1) is 11.3 Å². The Kier molecular flexibility index (Phi) is 5.53. The third kappa shape index (κ3) is 3.57. The lowest BCUT2D eigenvalue weighted by atomic mass is 9.69. The van der Waals surface area contributed by atoms with Gasteiger partial charge in [-0.3, -0.25) is 4.90 Å². The van der Waals surface area contributed by atoms with Gasteiger partial charge in [-0.1, -0.05) is 40.5 Å². The van der Waals surface area contributed by atoms with Gasteiger partial charge in [-0.25, -0.2) is 0 Å². The molecule has 2 heteroatoms. The molecule has 2 aliphatic rings. The van der Waals surface area contributed by atoms with Gasteiger partial charge in [0.1, 0.15) is 0 Å². The zero-order valence-corrected chi connectivity index (χ0v) is 14.4. The summed E-state index contributed by atoms with van der Waals surface area (Å²) in [7, 11) is 2.16. The molecule has 3 unspecified atom stereocenters. The van der Waals surface area contributed by atoms with E-state index in [1.165, 1.54) is 51.5 Å². The molecular formula is C18H36N2. The fourth-order valence-corrected chi connectivity index (χ4v) is 4.64. The molecule has 0 radical (unpaired) electrons. The highest BCUT2D eigenvalue weighted by Gasteiger charge is 2.39. The third-order valence-corrected chi connectivity index (χ3v) is 6.00. The molecule has 118 valence electrons. The van der Waals surface area contributed by atoms with E-state index in [4.69, 9.17) is 0 Å². The molecule has 0 saturated heterocycles. The average Bonchev–Trinajstić information content (AvgIpc) is 2.92. The summed E-state index contributed by atoms with van der Waals surface area (Å²) in [6.45, 7) is 10.9. The Morgan fingerprint density at radius 3 is 2.20 bits per heavy atom. The average molecular weight is 280 g/mol. The SMILES string of the molecule is CCN(C1CCCC1)C1CC(C(C)(C)C)CCC1NC. The van der Waals surface area contributed by atoms with Crippen molar-refractivity contribution in [3.8, 4) is 0 Å². The summed E-state index contributed by atoms with van der Waals surface area (Å²) in [6, 6.07) is 2.32. The third-order valence-electron chi connectivity index (χ3n) is 6.00. The van der Waals surface area contributed by atoms with E-state index in [0.717, 1.165) is 18.0 Å². The zero-order valence-electron chi connectivity index (χ0n) is 14.4. The van der Waals surface area contributed by atoms with E-state index in [1.807, 2.05) is 0 Å². The molecule has 0 amide bonds. The van der Waals surface area contributed by atoms with E-state index in [1.54, 1.807) is 0 Å². The molecular weight excluding hydrogens is 244 g/mol. The first-order chi connectivity index (χ1) is 9.47. The molecule has 2 saturated carbocycles. The minimum absolute atomic E-state index is 0.464. The van der Waals surface area contributed by atoms with E-state index in [9.17, 15) is 0 Å². The predicted octanol–water partition coefficient (Wildman–Crippen LogP) is 4.05. The maximum atomic E-state index is 3.62. The molecule has 0 heterocycles. The van der Waals surface area contributed by atoms with Crippen LogP contribution in [-0.4, -0.2) is 36.6 Å². The van der Waals surface area contributed by atoms with E-state index in [-0.39, 0.29) is 0 Å². The Hall–Kier alpha value is -0.0800. The number of likely N-dealkylation sites (N-methyl/N-ethyl adjacent to an activating group) is 2. The van der Waals surface area contributed by atoms with Crippen molar-refractivity contribution in [2.45, 2.75) is 90.8 Å². The topological polar surface area (TPSA) is 15.3 Å². The Morgan fingerprint density at radius 1 is 1.05 bits per heavy atom. The molecule has 2 nitrogen and oxygen atoms in total. The fourth-order valence-electron chi connectivity index (χ4n) is 4.64. The van der Waals surface area contributed by atoms with Crippen molar-refractivity contribution in [3.05, 3.63) is 0 Å². The molecule has 2 aliphatic carbocycles. The second kappa shape index (κ2) is 6.79. The van der Waals surface area contributed by atoms with Gasteiger partial charge in [0.25, 0.3) is 0 Å². The monoisotopic (exact) mass is 280 g/mol. The van der Waals surface area contributed by atoms with Gasteiger partial charge in [0.15, 0.2) is 0 Å². The number of nitrogens with one attached hydrogen (secondary N) is 1. The lowest BCUT2D eigenvalue weighted by molar-refractivity contribution is 0.0389. The smallest absolute Gasteiger partial charge is 0.0254 e. The maximum absolute atomic E-state index is 3.62. The largest absolute Gasteiger partial charge is 0.315 e. The van der Waals surface area contributed by atoms with Crippen LogP contribution in [0.3, 0.4) is 0 Å². The molecule has 0 spiro atoms. The van der Waals surface area contributed by atoms with E-state index < -0.39 is 0 Å².